The summed E-state index contributed by atoms with van der Waals surface area (Å²) in [5, 5.41) is 29.2. The number of rotatable bonds is 1. The molecule has 1 aliphatic heterocycles. The van der Waals surface area contributed by atoms with E-state index in [2.05, 4.69) is 0 Å². The van der Waals surface area contributed by atoms with Gasteiger partial charge in [0.25, 0.3) is 0 Å². The SMILES string of the molecule is CC1(C)CC(=O)C2=C(C1)OC(N)=C(C#N)C2c1ccc(O)cc1O. The quantitative estimate of drug-likeness (QED) is 0.730. The van der Waals surface area contributed by atoms with Crippen LogP contribution in [-0.2, 0) is 9.53 Å². The van der Waals surface area contributed by atoms with Gasteiger partial charge in [0.15, 0.2) is 5.78 Å². The molecule has 0 amide bonds. The van der Waals surface area contributed by atoms with E-state index in [1.54, 1.807) is 0 Å². The number of carbonyl (C=O) groups excluding carboxylic acids is 1. The van der Waals surface area contributed by atoms with Crippen molar-refractivity contribution >= 4 is 5.78 Å². The lowest BCUT2D eigenvalue weighted by Gasteiger charge is -2.37. The van der Waals surface area contributed by atoms with E-state index in [1.807, 2.05) is 19.9 Å². The first-order valence-corrected chi connectivity index (χ1v) is 7.59. The van der Waals surface area contributed by atoms with Gasteiger partial charge in [-0.1, -0.05) is 19.9 Å². The lowest BCUT2D eigenvalue weighted by atomic mass is 9.70. The molecule has 1 aromatic rings. The fraction of sp³-hybridized carbons (Fsp3) is 0.333. The standard InChI is InChI=1S/C18H18N2O4/c1-18(2)6-13(23)16-14(7-18)24-17(20)11(8-19)15(16)10-4-3-9(21)5-12(10)22/h3-5,15,21-22H,6-7,20H2,1-2H3. The van der Waals surface area contributed by atoms with E-state index in [-0.39, 0.29) is 34.2 Å². The van der Waals surface area contributed by atoms with E-state index in [0.29, 0.717) is 29.7 Å². The first-order valence-electron chi connectivity index (χ1n) is 7.59. The second-order valence-corrected chi connectivity index (χ2v) is 6.95. The molecule has 24 heavy (non-hydrogen) atoms. The second kappa shape index (κ2) is 5.31. The molecule has 6 heteroatoms. The molecule has 2 aliphatic rings. The zero-order valence-electron chi connectivity index (χ0n) is 13.5. The summed E-state index contributed by atoms with van der Waals surface area (Å²) in [4.78, 5) is 12.7. The van der Waals surface area contributed by atoms with Crippen molar-refractivity contribution in [1.82, 2.24) is 0 Å². The molecule has 0 saturated carbocycles. The van der Waals surface area contributed by atoms with Gasteiger partial charge in [-0.3, -0.25) is 4.79 Å². The van der Waals surface area contributed by atoms with E-state index >= 15 is 0 Å². The Morgan fingerprint density at radius 2 is 2.04 bits per heavy atom. The van der Waals surface area contributed by atoms with Gasteiger partial charge in [0, 0.05) is 30.0 Å². The van der Waals surface area contributed by atoms with Gasteiger partial charge < -0.3 is 20.7 Å². The minimum atomic E-state index is -0.789. The normalized spacial score (nSPS) is 22.7. The molecule has 3 rings (SSSR count). The molecular weight excluding hydrogens is 308 g/mol. The van der Waals surface area contributed by atoms with Crippen LogP contribution >= 0.6 is 0 Å². The maximum atomic E-state index is 12.7. The van der Waals surface area contributed by atoms with E-state index in [9.17, 15) is 20.3 Å². The summed E-state index contributed by atoms with van der Waals surface area (Å²) in [6.07, 6.45) is 0.839. The fourth-order valence-electron chi connectivity index (χ4n) is 3.37. The number of benzene rings is 1. The molecule has 0 bridgehead atoms. The van der Waals surface area contributed by atoms with Crippen molar-refractivity contribution < 1.29 is 19.7 Å². The smallest absolute Gasteiger partial charge is 0.205 e. The largest absolute Gasteiger partial charge is 0.508 e. The molecule has 0 saturated heterocycles. The Hall–Kier alpha value is -2.94. The van der Waals surface area contributed by atoms with Crippen LogP contribution in [0.4, 0.5) is 0 Å². The molecule has 1 aliphatic carbocycles. The third-order valence-electron chi connectivity index (χ3n) is 4.40. The summed E-state index contributed by atoms with van der Waals surface area (Å²) < 4.78 is 5.58. The molecule has 0 fully saturated rings. The summed E-state index contributed by atoms with van der Waals surface area (Å²) in [5.41, 5.74) is 6.43. The highest BCUT2D eigenvalue weighted by Gasteiger charge is 2.43. The number of hydrogen-bond acceptors (Lipinski definition) is 6. The van der Waals surface area contributed by atoms with Crippen molar-refractivity contribution in [2.24, 2.45) is 11.1 Å². The summed E-state index contributed by atoms with van der Waals surface area (Å²) in [6, 6.07) is 6.05. The Morgan fingerprint density at radius 1 is 1.33 bits per heavy atom. The molecule has 6 nitrogen and oxygen atoms in total. The Labute approximate surface area is 139 Å². The summed E-state index contributed by atoms with van der Waals surface area (Å²) in [6.45, 7) is 3.93. The Kier molecular flexibility index (Phi) is 3.52. The minimum absolute atomic E-state index is 0.0563. The lowest BCUT2D eigenvalue weighted by molar-refractivity contribution is -0.119. The van der Waals surface area contributed by atoms with Crippen LogP contribution in [-0.4, -0.2) is 16.0 Å². The third kappa shape index (κ3) is 2.48. The van der Waals surface area contributed by atoms with Crippen LogP contribution in [0.25, 0.3) is 0 Å². The molecule has 1 unspecified atom stereocenters. The van der Waals surface area contributed by atoms with E-state index in [1.165, 1.54) is 18.2 Å². The Bertz CT molecular complexity index is 843. The van der Waals surface area contributed by atoms with E-state index in [0.717, 1.165) is 0 Å². The summed E-state index contributed by atoms with van der Waals surface area (Å²) in [5.74, 6) is -0.831. The van der Waals surface area contributed by atoms with Gasteiger partial charge in [0.2, 0.25) is 5.88 Å². The molecule has 1 aromatic carbocycles. The average Bonchev–Trinajstić information content (AvgIpc) is 2.44. The summed E-state index contributed by atoms with van der Waals surface area (Å²) in [7, 11) is 0. The van der Waals surface area contributed by atoms with Crippen molar-refractivity contribution in [3.63, 3.8) is 0 Å². The van der Waals surface area contributed by atoms with Crippen LogP contribution < -0.4 is 5.73 Å². The second-order valence-electron chi connectivity index (χ2n) is 6.95. The van der Waals surface area contributed by atoms with Crippen LogP contribution in [0.1, 0.15) is 38.2 Å². The molecule has 0 radical (unpaired) electrons. The molecule has 124 valence electrons. The number of nitrogens with two attached hydrogens (primary N) is 1. The van der Waals surface area contributed by atoms with Crippen molar-refractivity contribution in [3.05, 3.63) is 46.6 Å². The number of hydrogen-bond donors (Lipinski definition) is 3. The van der Waals surface area contributed by atoms with Crippen LogP contribution in [0.15, 0.2) is 41.0 Å². The highest BCUT2D eigenvalue weighted by atomic mass is 16.5. The Balaban J connectivity index is 2.22. The number of ketones is 1. The number of carbonyl (C=O) groups is 1. The van der Waals surface area contributed by atoms with Crippen molar-refractivity contribution in [1.29, 1.82) is 5.26 Å². The van der Waals surface area contributed by atoms with Crippen LogP contribution in [0.3, 0.4) is 0 Å². The fourth-order valence-corrected chi connectivity index (χ4v) is 3.37. The van der Waals surface area contributed by atoms with Gasteiger partial charge in [0.1, 0.15) is 28.9 Å². The maximum Gasteiger partial charge on any atom is 0.205 e. The molecule has 0 aromatic heterocycles. The number of aromatic hydroxyl groups is 2. The predicted molar refractivity (Wildman–Crippen MR) is 85.5 cm³/mol. The minimum Gasteiger partial charge on any atom is -0.508 e. The number of phenolic OH excluding ortho intramolecular Hbond substituents is 2. The van der Waals surface area contributed by atoms with Gasteiger partial charge in [-0.05, 0) is 11.5 Å². The van der Waals surface area contributed by atoms with Crippen LogP contribution in [0.2, 0.25) is 0 Å². The van der Waals surface area contributed by atoms with E-state index < -0.39 is 5.92 Å². The van der Waals surface area contributed by atoms with Crippen molar-refractivity contribution in [3.8, 4) is 17.6 Å². The molecule has 1 atom stereocenters. The Morgan fingerprint density at radius 3 is 2.67 bits per heavy atom. The van der Waals surface area contributed by atoms with Crippen molar-refractivity contribution in [2.45, 2.75) is 32.6 Å². The van der Waals surface area contributed by atoms with Gasteiger partial charge in [-0.15, -0.1) is 0 Å². The highest BCUT2D eigenvalue weighted by molar-refractivity contribution is 6.00. The molecule has 0 spiro atoms. The number of phenols is 2. The first-order chi connectivity index (χ1) is 11.2. The monoisotopic (exact) mass is 326 g/mol. The number of ether oxygens (including phenoxy) is 1. The van der Waals surface area contributed by atoms with Gasteiger partial charge in [-0.2, -0.15) is 5.26 Å². The average molecular weight is 326 g/mol. The zero-order chi connectivity index (χ0) is 17.6. The van der Waals surface area contributed by atoms with Gasteiger partial charge in [0.05, 0.1) is 5.92 Å². The maximum absolute atomic E-state index is 12.7. The van der Waals surface area contributed by atoms with E-state index in [4.69, 9.17) is 10.5 Å². The predicted octanol–water partition coefficient (Wildman–Crippen LogP) is 2.55. The zero-order valence-corrected chi connectivity index (χ0v) is 13.5. The third-order valence-corrected chi connectivity index (χ3v) is 4.40. The number of nitriles is 1. The molecular formula is C18H18N2O4. The molecule has 1 heterocycles. The van der Waals surface area contributed by atoms with Gasteiger partial charge in [-0.25, -0.2) is 0 Å². The highest BCUT2D eigenvalue weighted by Crippen LogP contribution is 2.49. The van der Waals surface area contributed by atoms with Crippen LogP contribution in [0.5, 0.6) is 11.5 Å². The number of nitrogens with zero attached hydrogens (tertiary/aromatic N) is 1. The molecule has 4 N–H and O–H groups in total. The summed E-state index contributed by atoms with van der Waals surface area (Å²) >= 11 is 0. The van der Waals surface area contributed by atoms with Crippen molar-refractivity contribution in [2.75, 3.05) is 0 Å². The number of allylic oxidation sites excluding steroid dienone is 3. The lowest BCUT2D eigenvalue weighted by Crippen LogP contribution is -2.33. The van der Waals surface area contributed by atoms with Crippen LogP contribution in [0, 0.1) is 16.7 Å². The van der Waals surface area contributed by atoms with Gasteiger partial charge >= 0.3 is 0 Å². The first kappa shape index (κ1) is 15.9. The topological polar surface area (TPSA) is 117 Å². The number of Topliss-reactive ketones (excluding diaryl/α,β-unsaturated/α-hetero) is 1.